The molecule has 3 rings (SSSR count). The van der Waals surface area contributed by atoms with Gasteiger partial charge in [0.1, 0.15) is 5.82 Å². The first kappa shape index (κ1) is 19.5. The average Bonchev–Trinajstić information content (AvgIpc) is 2.66. The summed E-state index contributed by atoms with van der Waals surface area (Å²) < 4.78 is 14.5. The van der Waals surface area contributed by atoms with Crippen LogP contribution < -0.4 is 27.8 Å². The molecule has 1 fully saturated rings. The van der Waals surface area contributed by atoms with E-state index in [4.69, 9.17) is 17.2 Å². The first-order valence-corrected chi connectivity index (χ1v) is 8.89. The molecule has 0 spiro atoms. The summed E-state index contributed by atoms with van der Waals surface area (Å²) in [6.45, 7) is 0. The predicted molar refractivity (Wildman–Crippen MR) is 103 cm³/mol. The van der Waals surface area contributed by atoms with Crippen LogP contribution in [0.3, 0.4) is 0 Å². The maximum atomic E-state index is 14.5. The lowest BCUT2D eigenvalue weighted by molar-refractivity contribution is 0.0991. The Balaban J connectivity index is 1.93. The number of hydrogen-bond donors (Lipinski definition) is 5. The van der Waals surface area contributed by atoms with Gasteiger partial charge in [-0.2, -0.15) is 0 Å². The van der Waals surface area contributed by atoms with Gasteiger partial charge in [-0.3, -0.25) is 14.6 Å². The van der Waals surface area contributed by atoms with Crippen molar-refractivity contribution in [2.75, 3.05) is 10.6 Å². The molecule has 1 aliphatic rings. The third-order valence-electron chi connectivity index (χ3n) is 4.67. The van der Waals surface area contributed by atoms with Crippen molar-refractivity contribution in [2.45, 2.75) is 37.8 Å². The molecule has 2 amide bonds. The van der Waals surface area contributed by atoms with Gasteiger partial charge in [0.15, 0.2) is 11.6 Å². The molecule has 0 saturated heterocycles. The minimum atomic E-state index is -0.853. The minimum Gasteiger partial charge on any atom is -0.366 e. The Morgan fingerprint density at radius 3 is 2.50 bits per heavy atom. The largest absolute Gasteiger partial charge is 0.366 e. The van der Waals surface area contributed by atoms with E-state index in [1.165, 1.54) is 18.5 Å². The van der Waals surface area contributed by atoms with E-state index in [9.17, 15) is 14.0 Å². The van der Waals surface area contributed by atoms with Gasteiger partial charge >= 0.3 is 0 Å². The van der Waals surface area contributed by atoms with Crippen LogP contribution in [0.15, 0.2) is 24.5 Å². The van der Waals surface area contributed by atoms with Crippen molar-refractivity contribution in [3.05, 3.63) is 41.5 Å². The number of halogens is 1. The van der Waals surface area contributed by atoms with E-state index in [1.54, 1.807) is 0 Å². The van der Waals surface area contributed by atoms with Crippen molar-refractivity contribution < 1.29 is 14.0 Å². The number of nitrogens with two attached hydrogens (primary N) is 3. The van der Waals surface area contributed by atoms with Crippen LogP contribution in [0.2, 0.25) is 0 Å². The van der Waals surface area contributed by atoms with Crippen LogP contribution in [0.1, 0.15) is 46.4 Å². The number of carbonyl (C=O) groups is 2. The quantitative estimate of drug-likeness (QED) is 0.498. The molecule has 0 bridgehead atoms. The van der Waals surface area contributed by atoms with E-state index in [2.05, 4.69) is 20.6 Å². The molecule has 0 aliphatic heterocycles. The zero-order chi connectivity index (χ0) is 20.3. The van der Waals surface area contributed by atoms with Gasteiger partial charge in [-0.05, 0) is 25.0 Å². The SMILES string of the molecule is NC(=O)c1cncc(Nc2nc(NC3CCCCC3N)c(F)cc2C(N)=O)c1. The predicted octanol–water partition coefficient (Wildman–Crippen LogP) is 1.24. The van der Waals surface area contributed by atoms with Gasteiger partial charge in [0, 0.05) is 18.3 Å². The zero-order valence-corrected chi connectivity index (χ0v) is 15.1. The van der Waals surface area contributed by atoms with E-state index in [1.807, 2.05) is 0 Å². The highest BCUT2D eigenvalue weighted by Gasteiger charge is 2.24. The van der Waals surface area contributed by atoms with Crippen LogP contribution in [-0.2, 0) is 0 Å². The van der Waals surface area contributed by atoms with E-state index >= 15 is 0 Å². The van der Waals surface area contributed by atoms with Crippen molar-refractivity contribution in [1.82, 2.24) is 9.97 Å². The number of hydrogen-bond acceptors (Lipinski definition) is 7. The van der Waals surface area contributed by atoms with Crippen molar-refractivity contribution in [3.63, 3.8) is 0 Å². The van der Waals surface area contributed by atoms with E-state index in [0.29, 0.717) is 5.69 Å². The second-order valence-electron chi connectivity index (χ2n) is 6.73. The van der Waals surface area contributed by atoms with Crippen molar-refractivity contribution in [2.24, 2.45) is 17.2 Å². The number of amides is 2. The lowest BCUT2D eigenvalue weighted by Crippen LogP contribution is -2.43. The molecule has 8 N–H and O–H groups in total. The molecule has 2 aromatic heterocycles. The highest BCUT2D eigenvalue weighted by Crippen LogP contribution is 2.26. The van der Waals surface area contributed by atoms with Crippen LogP contribution in [0.4, 0.5) is 21.7 Å². The second-order valence-corrected chi connectivity index (χ2v) is 6.73. The molecule has 2 atom stereocenters. The first-order valence-electron chi connectivity index (χ1n) is 8.89. The maximum absolute atomic E-state index is 14.5. The normalized spacial score (nSPS) is 19.1. The summed E-state index contributed by atoms with van der Waals surface area (Å²) in [4.78, 5) is 31.2. The van der Waals surface area contributed by atoms with Gasteiger partial charge in [0.2, 0.25) is 5.91 Å². The summed E-state index contributed by atoms with van der Waals surface area (Å²) in [6, 6.07) is 2.22. The van der Waals surface area contributed by atoms with Crippen LogP contribution in [0.5, 0.6) is 0 Å². The van der Waals surface area contributed by atoms with Gasteiger partial charge in [0.25, 0.3) is 5.91 Å². The van der Waals surface area contributed by atoms with Crippen LogP contribution in [0.25, 0.3) is 0 Å². The number of pyridine rings is 2. The number of aromatic nitrogens is 2. The Labute approximate surface area is 160 Å². The molecule has 1 aliphatic carbocycles. The monoisotopic (exact) mass is 387 g/mol. The summed E-state index contributed by atoms with van der Waals surface area (Å²) in [5.41, 5.74) is 17.1. The molecule has 0 aromatic carbocycles. The number of nitrogens with zero attached hydrogens (tertiary/aromatic N) is 2. The molecule has 0 radical (unpaired) electrons. The summed E-state index contributed by atoms with van der Waals surface area (Å²) in [5, 5.41) is 5.87. The van der Waals surface area contributed by atoms with Crippen molar-refractivity contribution >= 4 is 29.1 Å². The number of nitrogens with one attached hydrogen (secondary N) is 2. The Kier molecular flexibility index (Phi) is 5.69. The summed E-state index contributed by atoms with van der Waals surface area (Å²) >= 11 is 0. The Hall–Kier alpha value is -3.27. The molecule has 28 heavy (non-hydrogen) atoms. The minimum absolute atomic E-state index is 0.0317. The van der Waals surface area contributed by atoms with Crippen LogP contribution in [0, 0.1) is 5.82 Å². The third kappa shape index (κ3) is 4.34. The fourth-order valence-electron chi connectivity index (χ4n) is 3.17. The van der Waals surface area contributed by atoms with Crippen LogP contribution >= 0.6 is 0 Å². The van der Waals surface area contributed by atoms with E-state index < -0.39 is 17.6 Å². The highest BCUT2D eigenvalue weighted by molar-refractivity contribution is 5.99. The summed E-state index contributed by atoms with van der Waals surface area (Å²) in [7, 11) is 0. The molecule has 2 aromatic rings. The molecule has 2 unspecified atom stereocenters. The number of rotatable bonds is 6. The van der Waals surface area contributed by atoms with Gasteiger partial charge in [0.05, 0.1) is 23.0 Å². The maximum Gasteiger partial charge on any atom is 0.252 e. The molecule has 148 valence electrons. The second kappa shape index (κ2) is 8.17. The molecular formula is C18H22FN7O2. The Morgan fingerprint density at radius 1 is 1.07 bits per heavy atom. The smallest absolute Gasteiger partial charge is 0.252 e. The molecule has 9 nitrogen and oxygen atoms in total. The summed E-state index contributed by atoms with van der Waals surface area (Å²) in [5.74, 6) is -2.22. The topological polar surface area (TPSA) is 162 Å². The van der Waals surface area contributed by atoms with E-state index in [0.717, 1.165) is 31.7 Å². The fraction of sp³-hybridized carbons (Fsp3) is 0.333. The Morgan fingerprint density at radius 2 is 1.82 bits per heavy atom. The number of carbonyl (C=O) groups excluding carboxylic acids is 2. The standard InChI is InChI=1S/C18H22FN7O2/c19-12-6-11(16(22)28)17(24-10-5-9(15(21)27)7-23-8-10)26-18(12)25-14-4-2-1-3-13(14)20/h5-8,13-14H,1-4,20H2,(H2,21,27)(H2,22,28)(H2,24,25,26). The zero-order valence-electron chi connectivity index (χ0n) is 15.1. The Bertz CT molecular complexity index is 905. The van der Waals surface area contributed by atoms with Crippen LogP contribution in [-0.4, -0.2) is 33.9 Å². The molecule has 2 heterocycles. The number of anilines is 3. The average molecular weight is 387 g/mol. The van der Waals surface area contributed by atoms with Gasteiger partial charge in [-0.25, -0.2) is 9.37 Å². The molecule has 10 heteroatoms. The van der Waals surface area contributed by atoms with Crippen molar-refractivity contribution in [3.8, 4) is 0 Å². The lowest BCUT2D eigenvalue weighted by Gasteiger charge is -2.30. The number of primary amides is 2. The van der Waals surface area contributed by atoms with E-state index in [-0.39, 0.29) is 34.8 Å². The lowest BCUT2D eigenvalue weighted by atomic mass is 9.91. The van der Waals surface area contributed by atoms with Gasteiger partial charge in [-0.15, -0.1) is 0 Å². The highest BCUT2D eigenvalue weighted by atomic mass is 19.1. The fourth-order valence-corrected chi connectivity index (χ4v) is 3.17. The first-order chi connectivity index (χ1) is 13.3. The summed E-state index contributed by atoms with van der Waals surface area (Å²) in [6.07, 6.45) is 6.38. The third-order valence-corrected chi connectivity index (χ3v) is 4.67. The molecular weight excluding hydrogens is 365 g/mol. The van der Waals surface area contributed by atoms with Gasteiger partial charge in [-0.1, -0.05) is 12.8 Å². The van der Waals surface area contributed by atoms with Crippen molar-refractivity contribution in [1.29, 1.82) is 0 Å². The van der Waals surface area contributed by atoms with Gasteiger partial charge < -0.3 is 27.8 Å². The molecule has 1 saturated carbocycles.